The maximum Gasteiger partial charge on any atom is 0.305 e. The molecule has 0 aliphatic carbocycles. The van der Waals surface area contributed by atoms with Crippen LogP contribution < -0.4 is 5.32 Å². The highest BCUT2D eigenvalue weighted by atomic mass is 16.5. The Morgan fingerprint density at radius 2 is 0.580 bits per heavy atom. The van der Waals surface area contributed by atoms with E-state index in [0.717, 1.165) is 44.9 Å². The van der Waals surface area contributed by atoms with E-state index in [4.69, 9.17) is 4.74 Å². The molecule has 0 aromatic heterocycles. The summed E-state index contributed by atoms with van der Waals surface area (Å²) in [5, 5.41) is 23.5. The fraction of sp³-hybridized carbons (Fsp3) is 0.920. The minimum Gasteiger partial charge on any atom is -0.466 e. The molecule has 3 N–H and O–H groups in total. The molecule has 0 spiro atoms. The molecule has 2 atom stereocenters. The molecule has 480 valence electrons. The topological polar surface area (TPSA) is 95.9 Å². The Bertz CT molecular complexity index is 1270. The molecular weight excluding hydrogens is 995 g/mol. The average Bonchev–Trinajstić information content (AvgIpc) is 3.47. The van der Waals surface area contributed by atoms with Crippen molar-refractivity contribution in [3.05, 3.63) is 24.3 Å². The second-order valence-corrected chi connectivity index (χ2v) is 25.6. The van der Waals surface area contributed by atoms with Crippen molar-refractivity contribution in [2.24, 2.45) is 0 Å². The van der Waals surface area contributed by atoms with Crippen LogP contribution in [0.15, 0.2) is 24.3 Å². The molecule has 0 aromatic rings. The number of nitrogens with one attached hydrogen (secondary N) is 1. The van der Waals surface area contributed by atoms with Crippen molar-refractivity contribution >= 4 is 11.9 Å². The van der Waals surface area contributed by atoms with Gasteiger partial charge in [-0.15, -0.1) is 0 Å². The smallest absolute Gasteiger partial charge is 0.305 e. The zero-order chi connectivity index (χ0) is 58.5. The fourth-order valence-electron chi connectivity index (χ4n) is 11.8. The first-order valence-electron chi connectivity index (χ1n) is 37.1. The number of unbranched alkanes of at least 4 members (excludes halogenated alkanes) is 55. The van der Waals surface area contributed by atoms with Gasteiger partial charge in [0.2, 0.25) is 5.91 Å². The Labute approximate surface area is 507 Å². The van der Waals surface area contributed by atoms with Gasteiger partial charge in [0.1, 0.15) is 0 Å². The molecule has 6 nitrogen and oxygen atoms in total. The van der Waals surface area contributed by atoms with Crippen LogP contribution in [0.4, 0.5) is 0 Å². The molecule has 1 amide bonds. The van der Waals surface area contributed by atoms with E-state index in [0.29, 0.717) is 25.9 Å². The normalized spacial score (nSPS) is 12.6. The molecule has 0 aliphatic heterocycles. The molecule has 0 bridgehead atoms. The summed E-state index contributed by atoms with van der Waals surface area (Å²) in [6.07, 6.45) is 89.5. The molecule has 0 aromatic carbocycles. The molecular formula is C75H145NO5. The van der Waals surface area contributed by atoms with Gasteiger partial charge in [-0.25, -0.2) is 0 Å². The van der Waals surface area contributed by atoms with Crippen molar-refractivity contribution in [2.45, 2.75) is 431 Å². The molecule has 0 saturated heterocycles. The molecule has 0 saturated carbocycles. The van der Waals surface area contributed by atoms with E-state index in [1.165, 1.54) is 340 Å². The SMILES string of the molecule is CCCCCCCC/C=C\CCCCCCCC(=O)OCCCCCCCCCCCCCC/C=C\CCCCCCCCCCC(=O)NC(CO)C(O)CCCCCCCCCCCCCCCCCCCCCCCCCCC. The molecule has 0 fully saturated rings. The Kier molecular flexibility index (Phi) is 69.4. The summed E-state index contributed by atoms with van der Waals surface area (Å²) in [7, 11) is 0. The average molecular weight is 1140 g/mol. The number of aliphatic hydroxyl groups excluding tert-OH is 2. The number of aliphatic hydroxyl groups is 2. The van der Waals surface area contributed by atoms with Crippen molar-refractivity contribution in [3.63, 3.8) is 0 Å². The van der Waals surface area contributed by atoms with E-state index in [2.05, 4.69) is 43.5 Å². The Morgan fingerprint density at radius 1 is 0.333 bits per heavy atom. The van der Waals surface area contributed by atoms with Crippen LogP contribution in [-0.4, -0.2) is 47.4 Å². The van der Waals surface area contributed by atoms with E-state index in [9.17, 15) is 19.8 Å². The van der Waals surface area contributed by atoms with Gasteiger partial charge < -0.3 is 20.3 Å². The summed E-state index contributed by atoms with van der Waals surface area (Å²) < 4.78 is 5.49. The monoisotopic (exact) mass is 1140 g/mol. The predicted molar refractivity (Wildman–Crippen MR) is 356 cm³/mol. The number of carbonyl (C=O) groups excluding carboxylic acids is 2. The van der Waals surface area contributed by atoms with Crippen molar-refractivity contribution in [1.29, 1.82) is 0 Å². The molecule has 0 radical (unpaired) electrons. The summed E-state index contributed by atoms with van der Waals surface area (Å²) in [5.74, 6) is -0.0288. The van der Waals surface area contributed by atoms with E-state index < -0.39 is 12.1 Å². The highest BCUT2D eigenvalue weighted by Gasteiger charge is 2.20. The van der Waals surface area contributed by atoms with Crippen LogP contribution in [0, 0.1) is 0 Å². The van der Waals surface area contributed by atoms with Gasteiger partial charge in [-0.3, -0.25) is 9.59 Å². The highest BCUT2D eigenvalue weighted by Crippen LogP contribution is 2.19. The van der Waals surface area contributed by atoms with Crippen molar-refractivity contribution in [1.82, 2.24) is 5.32 Å². The van der Waals surface area contributed by atoms with Gasteiger partial charge in [-0.1, -0.05) is 353 Å². The van der Waals surface area contributed by atoms with Gasteiger partial charge in [0.25, 0.3) is 0 Å². The second kappa shape index (κ2) is 70.8. The van der Waals surface area contributed by atoms with Crippen LogP contribution in [-0.2, 0) is 14.3 Å². The summed E-state index contributed by atoms with van der Waals surface area (Å²) in [6.45, 7) is 4.98. The van der Waals surface area contributed by atoms with E-state index in [1.807, 2.05) is 0 Å². The van der Waals surface area contributed by atoms with Crippen LogP contribution in [0.2, 0.25) is 0 Å². The Balaban J connectivity index is 3.40. The number of amides is 1. The maximum atomic E-state index is 12.6. The number of hydrogen-bond donors (Lipinski definition) is 3. The minimum atomic E-state index is -0.669. The maximum absolute atomic E-state index is 12.6. The third kappa shape index (κ3) is 67.3. The summed E-state index contributed by atoms with van der Waals surface area (Å²) >= 11 is 0. The van der Waals surface area contributed by atoms with Gasteiger partial charge in [-0.05, 0) is 77.0 Å². The molecule has 0 heterocycles. The Morgan fingerprint density at radius 3 is 0.877 bits per heavy atom. The summed E-state index contributed by atoms with van der Waals surface area (Å²) in [6, 6.07) is -0.546. The van der Waals surface area contributed by atoms with E-state index >= 15 is 0 Å². The number of hydrogen-bond acceptors (Lipinski definition) is 5. The molecule has 6 heteroatoms. The first-order chi connectivity index (χ1) is 40.0. The molecule has 0 aliphatic rings. The number of rotatable bonds is 70. The standard InChI is InChI=1S/C75H145NO5/c1-3-5-7-9-11-13-15-17-19-20-21-22-23-24-27-30-33-36-40-43-47-51-55-59-63-67-73(78)72(71-77)76-74(79)68-64-60-56-52-48-44-41-37-34-31-28-25-26-29-32-35-38-42-46-50-54-58-62-66-70-81-75(80)69-65-61-57-53-49-45-39-18-16-14-12-10-8-6-4-2/h18,28,31,39,72-73,77-78H,3-17,19-27,29-30,32-38,40-71H2,1-2H3,(H,76,79)/b31-28-,39-18-. The number of ether oxygens (including phenoxy) is 1. The van der Waals surface area contributed by atoms with Crippen molar-refractivity contribution in [3.8, 4) is 0 Å². The number of esters is 1. The zero-order valence-electron chi connectivity index (χ0n) is 55.0. The van der Waals surface area contributed by atoms with Crippen molar-refractivity contribution < 1.29 is 24.5 Å². The first-order valence-corrected chi connectivity index (χ1v) is 37.1. The fourth-order valence-corrected chi connectivity index (χ4v) is 11.8. The van der Waals surface area contributed by atoms with Crippen molar-refractivity contribution in [2.75, 3.05) is 13.2 Å². The van der Waals surface area contributed by atoms with Crippen LogP contribution in [0.1, 0.15) is 418 Å². The van der Waals surface area contributed by atoms with Gasteiger partial charge in [0.15, 0.2) is 0 Å². The van der Waals surface area contributed by atoms with Gasteiger partial charge >= 0.3 is 5.97 Å². The lowest BCUT2D eigenvalue weighted by Crippen LogP contribution is -2.45. The summed E-state index contributed by atoms with van der Waals surface area (Å²) in [5.41, 5.74) is 0. The van der Waals surface area contributed by atoms with Gasteiger partial charge in [-0.2, -0.15) is 0 Å². The highest BCUT2D eigenvalue weighted by molar-refractivity contribution is 5.76. The third-order valence-corrected chi connectivity index (χ3v) is 17.5. The lowest BCUT2D eigenvalue weighted by molar-refractivity contribution is -0.143. The Hall–Kier alpha value is -1.66. The molecule has 0 rings (SSSR count). The lowest BCUT2D eigenvalue weighted by Gasteiger charge is -2.22. The minimum absolute atomic E-state index is 0.00568. The van der Waals surface area contributed by atoms with Gasteiger partial charge in [0.05, 0.1) is 25.4 Å². The molecule has 81 heavy (non-hydrogen) atoms. The lowest BCUT2D eigenvalue weighted by atomic mass is 10.0. The van der Waals surface area contributed by atoms with Gasteiger partial charge in [0, 0.05) is 12.8 Å². The van der Waals surface area contributed by atoms with E-state index in [1.54, 1.807) is 0 Å². The first kappa shape index (κ1) is 79.3. The van der Waals surface area contributed by atoms with E-state index in [-0.39, 0.29) is 18.5 Å². The quantitative estimate of drug-likeness (QED) is 0.0320. The van der Waals surface area contributed by atoms with Crippen LogP contribution >= 0.6 is 0 Å². The predicted octanol–water partition coefficient (Wildman–Crippen LogP) is 24.1. The summed E-state index contributed by atoms with van der Waals surface area (Å²) in [4.78, 5) is 24.6. The second-order valence-electron chi connectivity index (χ2n) is 25.6. The largest absolute Gasteiger partial charge is 0.466 e. The number of allylic oxidation sites excluding steroid dienone is 4. The van der Waals surface area contributed by atoms with Crippen LogP contribution in [0.3, 0.4) is 0 Å². The number of carbonyl (C=O) groups is 2. The van der Waals surface area contributed by atoms with Crippen LogP contribution in [0.25, 0.3) is 0 Å². The third-order valence-electron chi connectivity index (χ3n) is 17.5. The van der Waals surface area contributed by atoms with Crippen LogP contribution in [0.5, 0.6) is 0 Å². The molecule has 2 unspecified atom stereocenters. The zero-order valence-corrected chi connectivity index (χ0v) is 55.0.